The molecule has 0 bridgehead atoms. The number of sulfonamides is 1. The van der Waals surface area contributed by atoms with Gasteiger partial charge in [0.05, 0.1) is 17.4 Å². The standard InChI is InChI=1S/C24H28FN3O4S/c1-18(29)28-14-11-19-5-2-3-6-22(19)23(28)17-24(30)26-12-4-13-27(16-15-26)33(31,32)21-9-7-20(25)8-10-21/h2-3,5-10,23H,4,11-17H2,1H3. The lowest BCUT2D eigenvalue weighted by atomic mass is 9.90. The van der Waals surface area contributed by atoms with Crippen LogP contribution < -0.4 is 0 Å². The van der Waals surface area contributed by atoms with Gasteiger partial charge in [0.1, 0.15) is 5.82 Å². The predicted octanol–water partition coefficient (Wildman–Crippen LogP) is 2.58. The Bertz CT molecular complexity index is 1140. The SMILES string of the molecule is CC(=O)N1CCc2ccccc2C1CC(=O)N1CCCN(S(=O)(=O)c2ccc(F)cc2)CC1. The van der Waals surface area contributed by atoms with Crippen LogP contribution >= 0.6 is 0 Å². The molecule has 2 amide bonds. The summed E-state index contributed by atoms with van der Waals surface area (Å²) in [4.78, 5) is 29.0. The Kier molecular flexibility index (Phi) is 6.81. The van der Waals surface area contributed by atoms with E-state index in [9.17, 15) is 22.4 Å². The number of rotatable bonds is 4. The summed E-state index contributed by atoms with van der Waals surface area (Å²) in [5, 5.41) is 0. The van der Waals surface area contributed by atoms with Gasteiger partial charge in [0, 0.05) is 39.6 Å². The maximum absolute atomic E-state index is 13.2. The maximum atomic E-state index is 13.2. The molecule has 9 heteroatoms. The van der Waals surface area contributed by atoms with Crippen molar-refractivity contribution < 1.29 is 22.4 Å². The summed E-state index contributed by atoms with van der Waals surface area (Å²) >= 11 is 0. The van der Waals surface area contributed by atoms with Crippen molar-refractivity contribution in [3.8, 4) is 0 Å². The molecular formula is C24H28FN3O4S. The second kappa shape index (κ2) is 9.61. The summed E-state index contributed by atoms with van der Waals surface area (Å²) in [6.07, 6.45) is 1.44. The van der Waals surface area contributed by atoms with Crippen molar-refractivity contribution in [2.24, 2.45) is 0 Å². The van der Waals surface area contributed by atoms with Crippen molar-refractivity contribution in [3.05, 3.63) is 65.5 Å². The van der Waals surface area contributed by atoms with Crippen molar-refractivity contribution in [2.45, 2.75) is 37.1 Å². The molecule has 1 fully saturated rings. The van der Waals surface area contributed by atoms with Crippen LogP contribution in [0.1, 0.15) is 36.9 Å². The van der Waals surface area contributed by atoms with Gasteiger partial charge in [-0.3, -0.25) is 9.59 Å². The van der Waals surface area contributed by atoms with Crippen LogP contribution in [-0.4, -0.2) is 67.1 Å². The van der Waals surface area contributed by atoms with Gasteiger partial charge in [-0.1, -0.05) is 24.3 Å². The van der Waals surface area contributed by atoms with E-state index in [2.05, 4.69) is 0 Å². The summed E-state index contributed by atoms with van der Waals surface area (Å²) in [5.41, 5.74) is 2.16. The number of fused-ring (bicyclic) bond motifs is 1. The highest BCUT2D eigenvalue weighted by Gasteiger charge is 2.33. The average Bonchev–Trinajstić information content (AvgIpc) is 3.06. The number of carbonyl (C=O) groups excluding carboxylic acids is 2. The van der Waals surface area contributed by atoms with E-state index in [0.717, 1.165) is 29.7 Å². The summed E-state index contributed by atoms with van der Waals surface area (Å²) in [6.45, 7) is 3.28. The van der Waals surface area contributed by atoms with E-state index in [0.29, 0.717) is 19.5 Å². The number of hydrogen-bond donors (Lipinski definition) is 0. The Morgan fingerprint density at radius 1 is 0.970 bits per heavy atom. The largest absolute Gasteiger partial charge is 0.341 e. The number of amides is 2. The van der Waals surface area contributed by atoms with Gasteiger partial charge in [0.25, 0.3) is 0 Å². The lowest BCUT2D eigenvalue weighted by Gasteiger charge is -2.37. The third-order valence-electron chi connectivity index (χ3n) is 6.44. The van der Waals surface area contributed by atoms with E-state index < -0.39 is 15.8 Å². The summed E-state index contributed by atoms with van der Waals surface area (Å²) in [7, 11) is -3.76. The number of carbonyl (C=O) groups is 2. The molecule has 2 aromatic rings. The summed E-state index contributed by atoms with van der Waals surface area (Å²) < 4.78 is 40.5. The van der Waals surface area contributed by atoms with Gasteiger partial charge in [-0.15, -0.1) is 0 Å². The second-order valence-electron chi connectivity index (χ2n) is 8.47. The highest BCUT2D eigenvalue weighted by Crippen LogP contribution is 2.33. The number of hydrogen-bond acceptors (Lipinski definition) is 4. The number of benzene rings is 2. The van der Waals surface area contributed by atoms with Gasteiger partial charge < -0.3 is 9.80 Å². The molecule has 33 heavy (non-hydrogen) atoms. The first kappa shape index (κ1) is 23.4. The van der Waals surface area contributed by atoms with E-state index in [1.165, 1.54) is 23.4 Å². The molecule has 0 N–H and O–H groups in total. The van der Waals surface area contributed by atoms with Gasteiger partial charge in [-0.25, -0.2) is 12.8 Å². The minimum Gasteiger partial charge on any atom is -0.341 e. The molecule has 176 valence electrons. The van der Waals surface area contributed by atoms with Crippen molar-refractivity contribution >= 4 is 21.8 Å². The molecule has 2 aromatic carbocycles. The van der Waals surface area contributed by atoms with Crippen LogP contribution in [0.2, 0.25) is 0 Å². The van der Waals surface area contributed by atoms with E-state index in [4.69, 9.17) is 0 Å². The second-order valence-corrected chi connectivity index (χ2v) is 10.4. The van der Waals surface area contributed by atoms with Gasteiger partial charge in [0.15, 0.2) is 0 Å². The zero-order chi connectivity index (χ0) is 23.6. The number of nitrogens with zero attached hydrogens (tertiary/aromatic N) is 3. The van der Waals surface area contributed by atoms with Gasteiger partial charge in [-0.2, -0.15) is 4.31 Å². The molecule has 4 rings (SSSR count). The topological polar surface area (TPSA) is 78.0 Å². The summed E-state index contributed by atoms with van der Waals surface area (Å²) in [5.74, 6) is -0.649. The first-order valence-electron chi connectivity index (χ1n) is 11.2. The van der Waals surface area contributed by atoms with Crippen molar-refractivity contribution in [3.63, 3.8) is 0 Å². The third-order valence-corrected chi connectivity index (χ3v) is 8.36. The Morgan fingerprint density at radius 3 is 2.42 bits per heavy atom. The molecule has 0 radical (unpaired) electrons. The van der Waals surface area contributed by atoms with Crippen LogP contribution in [0.5, 0.6) is 0 Å². The molecule has 1 saturated heterocycles. The van der Waals surface area contributed by atoms with Gasteiger partial charge in [0.2, 0.25) is 21.8 Å². The lowest BCUT2D eigenvalue weighted by Crippen LogP contribution is -2.43. The molecule has 0 aromatic heterocycles. The fourth-order valence-corrected chi connectivity index (χ4v) is 6.15. The van der Waals surface area contributed by atoms with Gasteiger partial charge in [-0.05, 0) is 48.2 Å². The van der Waals surface area contributed by atoms with E-state index >= 15 is 0 Å². The van der Waals surface area contributed by atoms with Gasteiger partial charge >= 0.3 is 0 Å². The van der Waals surface area contributed by atoms with Crippen LogP contribution in [-0.2, 0) is 26.0 Å². The minimum atomic E-state index is -3.76. The third kappa shape index (κ3) is 4.94. The van der Waals surface area contributed by atoms with E-state index in [1.807, 2.05) is 24.3 Å². The zero-order valence-corrected chi connectivity index (χ0v) is 19.4. The molecule has 2 heterocycles. The minimum absolute atomic E-state index is 0.0413. The van der Waals surface area contributed by atoms with Crippen LogP contribution in [0.3, 0.4) is 0 Å². The van der Waals surface area contributed by atoms with Crippen molar-refractivity contribution in [1.82, 2.24) is 14.1 Å². The highest BCUT2D eigenvalue weighted by molar-refractivity contribution is 7.89. The van der Waals surface area contributed by atoms with Crippen molar-refractivity contribution in [1.29, 1.82) is 0 Å². The normalized spacial score (nSPS) is 19.6. The maximum Gasteiger partial charge on any atom is 0.243 e. The average molecular weight is 474 g/mol. The van der Waals surface area contributed by atoms with Crippen LogP contribution in [0, 0.1) is 5.82 Å². The Balaban J connectivity index is 1.46. The smallest absolute Gasteiger partial charge is 0.243 e. The fraction of sp³-hybridized carbons (Fsp3) is 0.417. The molecule has 7 nitrogen and oxygen atoms in total. The van der Waals surface area contributed by atoms with Crippen LogP contribution in [0.25, 0.3) is 0 Å². The molecule has 1 atom stereocenters. The molecule has 2 aliphatic rings. The monoisotopic (exact) mass is 473 g/mol. The first-order valence-corrected chi connectivity index (χ1v) is 12.6. The highest BCUT2D eigenvalue weighted by atomic mass is 32.2. The molecular weight excluding hydrogens is 445 g/mol. The fourth-order valence-electron chi connectivity index (χ4n) is 4.68. The Hall–Kier alpha value is -2.78. The van der Waals surface area contributed by atoms with E-state index in [-0.39, 0.29) is 48.8 Å². The first-order chi connectivity index (χ1) is 15.8. The summed E-state index contributed by atoms with van der Waals surface area (Å²) in [6, 6.07) is 12.4. The van der Waals surface area contributed by atoms with E-state index in [1.54, 1.807) is 9.80 Å². The Morgan fingerprint density at radius 2 is 1.70 bits per heavy atom. The molecule has 0 saturated carbocycles. The quantitative estimate of drug-likeness (QED) is 0.684. The molecule has 1 unspecified atom stereocenters. The predicted molar refractivity (Wildman–Crippen MR) is 121 cm³/mol. The lowest BCUT2D eigenvalue weighted by molar-refractivity contribution is -0.136. The molecule has 0 aliphatic carbocycles. The van der Waals surface area contributed by atoms with Crippen LogP contribution in [0.4, 0.5) is 4.39 Å². The van der Waals surface area contributed by atoms with Crippen LogP contribution in [0.15, 0.2) is 53.4 Å². The van der Waals surface area contributed by atoms with Crippen molar-refractivity contribution in [2.75, 3.05) is 32.7 Å². The Labute approximate surface area is 193 Å². The molecule has 0 spiro atoms. The molecule has 2 aliphatic heterocycles. The number of halogens is 1. The zero-order valence-electron chi connectivity index (χ0n) is 18.6.